The van der Waals surface area contributed by atoms with Crippen LogP contribution in [0.1, 0.15) is 24.1 Å². The molecule has 0 radical (unpaired) electrons. The van der Waals surface area contributed by atoms with E-state index in [4.69, 9.17) is 14.2 Å². The van der Waals surface area contributed by atoms with Crippen molar-refractivity contribution in [1.82, 2.24) is 10.2 Å². The Kier molecular flexibility index (Phi) is 6.36. The van der Waals surface area contributed by atoms with Crippen LogP contribution < -0.4 is 19.5 Å². The van der Waals surface area contributed by atoms with Crippen LogP contribution in [0, 0.1) is 0 Å². The van der Waals surface area contributed by atoms with Crippen LogP contribution in [0.5, 0.6) is 17.2 Å². The predicted octanol–water partition coefficient (Wildman–Crippen LogP) is 3.10. The van der Waals surface area contributed by atoms with Gasteiger partial charge < -0.3 is 19.5 Å². The molecule has 1 atom stereocenters. The van der Waals surface area contributed by atoms with E-state index >= 15 is 0 Å². The maximum atomic E-state index is 5.95. The Hall–Kier alpha value is -2.24. The number of rotatable bonds is 7. The second kappa shape index (κ2) is 8.92. The Bertz CT molecular complexity index is 692. The maximum absolute atomic E-state index is 5.95. The Balaban J connectivity index is 2.17. The van der Waals surface area contributed by atoms with Gasteiger partial charge in [0.25, 0.3) is 0 Å². The average Bonchev–Trinajstić information content (AvgIpc) is 2.70. The van der Waals surface area contributed by atoms with Crippen LogP contribution >= 0.6 is 0 Å². The first kappa shape index (κ1) is 18.5. The minimum Gasteiger partial charge on any atom is -0.496 e. The van der Waals surface area contributed by atoms with E-state index in [2.05, 4.69) is 22.3 Å². The maximum Gasteiger partial charge on any atom is 0.127 e. The zero-order valence-electron chi connectivity index (χ0n) is 15.8. The van der Waals surface area contributed by atoms with Gasteiger partial charge in [-0.1, -0.05) is 24.3 Å². The molecule has 1 heterocycles. The second-order valence-electron chi connectivity index (χ2n) is 6.24. The van der Waals surface area contributed by atoms with Crippen molar-refractivity contribution in [1.29, 1.82) is 0 Å². The Labute approximate surface area is 155 Å². The molecule has 5 nitrogen and oxygen atoms in total. The Morgan fingerprint density at radius 2 is 1.54 bits per heavy atom. The molecule has 1 N–H and O–H groups in total. The summed E-state index contributed by atoms with van der Waals surface area (Å²) >= 11 is 0. The molecule has 1 saturated heterocycles. The molecule has 0 saturated carbocycles. The summed E-state index contributed by atoms with van der Waals surface area (Å²) in [5.74, 6) is 2.57. The normalized spacial score (nSPS) is 16.1. The van der Waals surface area contributed by atoms with E-state index in [1.807, 2.05) is 37.3 Å². The molecule has 0 aliphatic carbocycles. The fourth-order valence-corrected chi connectivity index (χ4v) is 3.62. The van der Waals surface area contributed by atoms with Crippen molar-refractivity contribution >= 4 is 0 Å². The number of methoxy groups -OCH3 is 2. The van der Waals surface area contributed by atoms with Gasteiger partial charge in [0.1, 0.15) is 17.2 Å². The lowest BCUT2D eigenvalue weighted by atomic mass is 9.93. The largest absolute Gasteiger partial charge is 0.496 e. The van der Waals surface area contributed by atoms with E-state index in [1.54, 1.807) is 14.2 Å². The molecule has 0 bridgehead atoms. The number of nitrogens with one attached hydrogen (secondary N) is 1. The quantitative estimate of drug-likeness (QED) is 0.826. The van der Waals surface area contributed by atoms with Gasteiger partial charge in [0, 0.05) is 31.7 Å². The smallest absolute Gasteiger partial charge is 0.127 e. The molecule has 2 aromatic carbocycles. The summed E-state index contributed by atoms with van der Waals surface area (Å²) in [5, 5.41) is 3.43. The molecule has 1 aliphatic heterocycles. The lowest BCUT2D eigenvalue weighted by Gasteiger charge is -2.37. The number of para-hydroxylation sites is 1. The van der Waals surface area contributed by atoms with Crippen LogP contribution in [0.2, 0.25) is 0 Å². The van der Waals surface area contributed by atoms with Crippen LogP contribution in [-0.4, -0.2) is 51.9 Å². The first-order valence-corrected chi connectivity index (χ1v) is 9.17. The molecule has 1 aliphatic rings. The lowest BCUT2D eigenvalue weighted by Crippen LogP contribution is -2.45. The van der Waals surface area contributed by atoms with E-state index < -0.39 is 0 Å². The summed E-state index contributed by atoms with van der Waals surface area (Å²) in [7, 11) is 3.42. The highest BCUT2D eigenvalue weighted by atomic mass is 16.5. The van der Waals surface area contributed by atoms with Gasteiger partial charge >= 0.3 is 0 Å². The molecule has 0 spiro atoms. The molecule has 3 rings (SSSR count). The van der Waals surface area contributed by atoms with Gasteiger partial charge in [-0.05, 0) is 25.1 Å². The summed E-state index contributed by atoms with van der Waals surface area (Å²) < 4.78 is 17.4. The molecule has 26 heavy (non-hydrogen) atoms. The number of piperazine rings is 1. The molecule has 0 amide bonds. The molecule has 0 aromatic heterocycles. The fraction of sp³-hybridized carbons (Fsp3) is 0.429. The lowest BCUT2D eigenvalue weighted by molar-refractivity contribution is 0.188. The Morgan fingerprint density at radius 3 is 2.15 bits per heavy atom. The van der Waals surface area contributed by atoms with Crippen molar-refractivity contribution in [2.24, 2.45) is 0 Å². The number of hydrogen-bond acceptors (Lipinski definition) is 5. The minimum absolute atomic E-state index is 0.00551. The van der Waals surface area contributed by atoms with Crippen LogP contribution in [0.4, 0.5) is 0 Å². The Morgan fingerprint density at radius 1 is 0.923 bits per heavy atom. The summed E-state index contributed by atoms with van der Waals surface area (Å²) in [6.07, 6.45) is 0. The van der Waals surface area contributed by atoms with Crippen molar-refractivity contribution in [3.63, 3.8) is 0 Å². The van der Waals surface area contributed by atoms with Gasteiger partial charge in [0.2, 0.25) is 0 Å². The van der Waals surface area contributed by atoms with Crippen LogP contribution in [0.25, 0.3) is 0 Å². The van der Waals surface area contributed by atoms with Crippen LogP contribution in [0.3, 0.4) is 0 Å². The topological polar surface area (TPSA) is 43.0 Å². The summed E-state index contributed by atoms with van der Waals surface area (Å²) in [6, 6.07) is 14.2. The monoisotopic (exact) mass is 356 g/mol. The average molecular weight is 356 g/mol. The highest BCUT2D eigenvalue weighted by Crippen LogP contribution is 2.43. The minimum atomic E-state index is 0.00551. The zero-order valence-corrected chi connectivity index (χ0v) is 15.8. The standard InChI is InChI=1S/C21H28N2O3/c1-4-26-17-9-6-5-8-16(17)21(23-14-12-22-13-15-23)20-18(24-2)10-7-11-19(20)25-3/h5-11,21-22H,4,12-15H2,1-3H3. The van der Waals surface area contributed by atoms with Crippen molar-refractivity contribution in [2.45, 2.75) is 13.0 Å². The fourth-order valence-electron chi connectivity index (χ4n) is 3.62. The highest BCUT2D eigenvalue weighted by molar-refractivity contribution is 5.53. The number of ether oxygens (including phenoxy) is 3. The van der Waals surface area contributed by atoms with E-state index in [0.717, 1.165) is 54.6 Å². The third-order valence-electron chi connectivity index (χ3n) is 4.77. The van der Waals surface area contributed by atoms with E-state index in [9.17, 15) is 0 Å². The van der Waals surface area contributed by atoms with E-state index in [1.165, 1.54) is 0 Å². The molecule has 140 valence electrons. The van der Waals surface area contributed by atoms with Gasteiger partial charge in [-0.2, -0.15) is 0 Å². The van der Waals surface area contributed by atoms with Gasteiger partial charge in [-0.15, -0.1) is 0 Å². The SMILES string of the molecule is CCOc1ccccc1C(c1c(OC)cccc1OC)N1CCNCC1. The van der Waals surface area contributed by atoms with E-state index in [0.29, 0.717) is 6.61 Å². The molecular weight excluding hydrogens is 328 g/mol. The van der Waals surface area contributed by atoms with Crippen molar-refractivity contribution in [2.75, 3.05) is 47.0 Å². The van der Waals surface area contributed by atoms with E-state index in [-0.39, 0.29) is 6.04 Å². The van der Waals surface area contributed by atoms with Gasteiger partial charge in [0.15, 0.2) is 0 Å². The highest BCUT2D eigenvalue weighted by Gasteiger charge is 2.31. The van der Waals surface area contributed by atoms with Crippen LogP contribution in [0.15, 0.2) is 42.5 Å². The predicted molar refractivity (Wildman–Crippen MR) is 103 cm³/mol. The third-order valence-corrected chi connectivity index (χ3v) is 4.77. The molecule has 1 unspecified atom stereocenters. The number of hydrogen-bond donors (Lipinski definition) is 1. The van der Waals surface area contributed by atoms with Gasteiger partial charge in [0.05, 0.1) is 32.4 Å². The van der Waals surface area contributed by atoms with Crippen molar-refractivity contribution < 1.29 is 14.2 Å². The first-order valence-electron chi connectivity index (χ1n) is 9.17. The molecular formula is C21H28N2O3. The second-order valence-corrected chi connectivity index (χ2v) is 6.24. The third kappa shape index (κ3) is 3.79. The zero-order chi connectivity index (χ0) is 18.4. The summed E-state index contributed by atoms with van der Waals surface area (Å²) in [4.78, 5) is 2.47. The number of benzene rings is 2. The van der Waals surface area contributed by atoms with Gasteiger partial charge in [-0.3, -0.25) is 4.90 Å². The molecule has 2 aromatic rings. The van der Waals surface area contributed by atoms with Gasteiger partial charge in [-0.25, -0.2) is 0 Å². The summed E-state index contributed by atoms with van der Waals surface area (Å²) in [6.45, 7) is 6.48. The first-order chi connectivity index (χ1) is 12.8. The molecule has 1 fully saturated rings. The summed E-state index contributed by atoms with van der Waals surface area (Å²) in [5.41, 5.74) is 2.19. The molecule has 5 heteroatoms. The van der Waals surface area contributed by atoms with Crippen LogP contribution in [-0.2, 0) is 0 Å². The number of nitrogens with zero attached hydrogens (tertiary/aromatic N) is 1. The van der Waals surface area contributed by atoms with Crippen molar-refractivity contribution in [3.05, 3.63) is 53.6 Å². The van der Waals surface area contributed by atoms with Crippen molar-refractivity contribution in [3.8, 4) is 17.2 Å².